The lowest BCUT2D eigenvalue weighted by atomic mass is 10.1. The molecule has 7 heteroatoms. The molecule has 0 spiro atoms. The van der Waals surface area contributed by atoms with Crippen molar-refractivity contribution in [3.05, 3.63) is 70.3 Å². The van der Waals surface area contributed by atoms with E-state index in [1.165, 1.54) is 23.1 Å². The van der Waals surface area contributed by atoms with E-state index in [1.54, 1.807) is 37.3 Å². The number of carbonyl (C=O) groups is 2. The molecule has 1 atom stereocenters. The summed E-state index contributed by atoms with van der Waals surface area (Å²) >= 11 is 0. The van der Waals surface area contributed by atoms with Crippen LogP contribution in [0, 0.1) is 18.7 Å². The first kappa shape index (κ1) is 17.9. The molecule has 4 rings (SSSR count). The van der Waals surface area contributed by atoms with Crippen molar-refractivity contribution in [3.8, 4) is 0 Å². The maximum absolute atomic E-state index is 14.0. The maximum atomic E-state index is 14.0. The highest BCUT2D eigenvalue weighted by molar-refractivity contribution is 6.04. The van der Waals surface area contributed by atoms with Crippen molar-refractivity contribution in [2.45, 2.75) is 13.3 Å². The standard InChI is InChI=1S/C21H17FN2O4/c1-12-8-20(26)28-18-10-14(6-7-15(12)18)23-21(27)13-9-19(25)24(11-13)17-5-3-2-4-16(17)22/h2-8,10,13H,9,11H2,1H3,(H,23,27). The van der Waals surface area contributed by atoms with Crippen molar-refractivity contribution in [1.82, 2.24) is 0 Å². The molecule has 0 radical (unpaired) electrons. The molecule has 1 unspecified atom stereocenters. The molecule has 1 aromatic heterocycles. The molecular formula is C21H17FN2O4. The van der Waals surface area contributed by atoms with Crippen molar-refractivity contribution < 1.29 is 18.4 Å². The highest BCUT2D eigenvalue weighted by atomic mass is 19.1. The number of amides is 2. The van der Waals surface area contributed by atoms with Gasteiger partial charge in [-0.2, -0.15) is 0 Å². The van der Waals surface area contributed by atoms with E-state index >= 15 is 0 Å². The number of rotatable bonds is 3. The fourth-order valence-corrected chi connectivity index (χ4v) is 3.43. The lowest BCUT2D eigenvalue weighted by Gasteiger charge is -2.17. The summed E-state index contributed by atoms with van der Waals surface area (Å²) in [7, 11) is 0. The number of para-hydroxylation sites is 1. The topological polar surface area (TPSA) is 79.6 Å². The molecule has 0 saturated carbocycles. The lowest BCUT2D eigenvalue weighted by Crippen LogP contribution is -2.28. The highest BCUT2D eigenvalue weighted by Gasteiger charge is 2.36. The number of anilines is 2. The van der Waals surface area contributed by atoms with Gasteiger partial charge in [0.25, 0.3) is 0 Å². The molecular weight excluding hydrogens is 363 g/mol. The van der Waals surface area contributed by atoms with Crippen molar-refractivity contribution in [1.29, 1.82) is 0 Å². The minimum Gasteiger partial charge on any atom is -0.423 e. The Morgan fingerprint density at radius 1 is 1.18 bits per heavy atom. The first-order valence-corrected chi connectivity index (χ1v) is 8.82. The summed E-state index contributed by atoms with van der Waals surface area (Å²) in [6, 6.07) is 12.4. The molecule has 2 amide bonds. The van der Waals surface area contributed by atoms with Gasteiger partial charge < -0.3 is 14.6 Å². The first-order valence-electron chi connectivity index (χ1n) is 8.82. The Morgan fingerprint density at radius 3 is 2.75 bits per heavy atom. The van der Waals surface area contributed by atoms with Gasteiger partial charge in [0, 0.05) is 36.2 Å². The van der Waals surface area contributed by atoms with Crippen LogP contribution in [-0.4, -0.2) is 18.4 Å². The Morgan fingerprint density at radius 2 is 1.96 bits per heavy atom. The van der Waals surface area contributed by atoms with Crippen molar-refractivity contribution in [2.24, 2.45) is 5.92 Å². The molecule has 0 aliphatic carbocycles. The number of hydrogen-bond acceptors (Lipinski definition) is 4. The van der Waals surface area contributed by atoms with Crippen molar-refractivity contribution in [2.75, 3.05) is 16.8 Å². The van der Waals surface area contributed by atoms with E-state index in [9.17, 15) is 18.8 Å². The summed E-state index contributed by atoms with van der Waals surface area (Å²) in [6.07, 6.45) is 0.00192. The number of halogens is 1. The van der Waals surface area contributed by atoms with Crippen molar-refractivity contribution >= 4 is 34.2 Å². The third-order valence-electron chi connectivity index (χ3n) is 4.86. The Bertz CT molecular complexity index is 1150. The molecule has 6 nitrogen and oxygen atoms in total. The fourth-order valence-electron chi connectivity index (χ4n) is 3.43. The fraction of sp³-hybridized carbons (Fsp3) is 0.190. The van der Waals surface area contributed by atoms with Crippen molar-refractivity contribution in [3.63, 3.8) is 0 Å². The van der Waals surface area contributed by atoms with Gasteiger partial charge in [-0.05, 0) is 36.8 Å². The summed E-state index contributed by atoms with van der Waals surface area (Å²) in [5.74, 6) is -1.75. The lowest BCUT2D eigenvalue weighted by molar-refractivity contribution is -0.122. The number of carbonyl (C=O) groups excluding carboxylic acids is 2. The van der Waals surface area contributed by atoms with Gasteiger partial charge >= 0.3 is 5.63 Å². The highest BCUT2D eigenvalue weighted by Crippen LogP contribution is 2.28. The van der Waals surface area contributed by atoms with Crippen LogP contribution in [0.4, 0.5) is 15.8 Å². The molecule has 1 saturated heterocycles. The van der Waals surface area contributed by atoms with E-state index in [1.807, 2.05) is 0 Å². The normalized spacial score (nSPS) is 16.6. The predicted octanol–water partition coefficient (Wildman–Crippen LogP) is 3.23. The summed E-state index contributed by atoms with van der Waals surface area (Å²) in [6.45, 7) is 1.91. The van der Waals surface area contributed by atoms with Gasteiger partial charge in [-0.3, -0.25) is 9.59 Å². The Balaban J connectivity index is 1.53. The van der Waals surface area contributed by atoms with Crippen LogP contribution in [-0.2, 0) is 9.59 Å². The second-order valence-corrected chi connectivity index (χ2v) is 6.81. The van der Waals surface area contributed by atoms with Crippen LogP contribution in [0.5, 0.6) is 0 Å². The summed E-state index contributed by atoms with van der Waals surface area (Å²) < 4.78 is 19.2. The average Bonchev–Trinajstić information content (AvgIpc) is 3.03. The van der Waals surface area contributed by atoms with Gasteiger partial charge in [0.2, 0.25) is 11.8 Å². The van der Waals surface area contributed by atoms with Gasteiger partial charge in [0.1, 0.15) is 11.4 Å². The van der Waals surface area contributed by atoms with Crippen LogP contribution in [0.3, 0.4) is 0 Å². The van der Waals surface area contributed by atoms with Gasteiger partial charge in [-0.1, -0.05) is 12.1 Å². The van der Waals surface area contributed by atoms with Gasteiger partial charge in [-0.25, -0.2) is 9.18 Å². The molecule has 2 heterocycles. The van der Waals surface area contributed by atoms with Crippen LogP contribution in [0.1, 0.15) is 12.0 Å². The number of nitrogens with one attached hydrogen (secondary N) is 1. The third-order valence-corrected chi connectivity index (χ3v) is 4.86. The van der Waals surface area contributed by atoms with Crippen LogP contribution >= 0.6 is 0 Å². The Kier molecular flexibility index (Phi) is 4.43. The quantitative estimate of drug-likeness (QED) is 0.708. The minimum absolute atomic E-state index is 0.00192. The molecule has 1 aliphatic heterocycles. The number of benzene rings is 2. The first-order chi connectivity index (χ1) is 13.4. The molecule has 1 fully saturated rings. The second-order valence-electron chi connectivity index (χ2n) is 6.81. The minimum atomic E-state index is -0.604. The zero-order valence-electron chi connectivity index (χ0n) is 15.1. The zero-order valence-corrected chi connectivity index (χ0v) is 15.1. The number of fused-ring (bicyclic) bond motifs is 1. The van der Waals surface area contributed by atoms with Crippen LogP contribution < -0.4 is 15.8 Å². The molecule has 2 aromatic carbocycles. The van der Waals surface area contributed by atoms with E-state index < -0.39 is 17.4 Å². The number of hydrogen-bond donors (Lipinski definition) is 1. The SMILES string of the molecule is Cc1cc(=O)oc2cc(NC(=O)C3CC(=O)N(c4ccccc4F)C3)ccc12. The Labute approximate surface area is 159 Å². The summed E-state index contributed by atoms with van der Waals surface area (Å²) in [4.78, 5) is 37.7. The van der Waals surface area contributed by atoms with Crippen LogP contribution in [0.2, 0.25) is 0 Å². The molecule has 142 valence electrons. The molecule has 1 aliphatic rings. The molecule has 3 aromatic rings. The zero-order chi connectivity index (χ0) is 19.8. The van der Waals surface area contributed by atoms with E-state index in [2.05, 4.69) is 5.32 Å². The summed E-state index contributed by atoms with van der Waals surface area (Å²) in [5, 5.41) is 3.53. The summed E-state index contributed by atoms with van der Waals surface area (Å²) in [5.41, 5.74) is 1.33. The largest absolute Gasteiger partial charge is 0.423 e. The monoisotopic (exact) mass is 380 g/mol. The van der Waals surface area contributed by atoms with E-state index in [-0.39, 0.29) is 30.5 Å². The van der Waals surface area contributed by atoms with E-state index in [0.717, 1.165) is 10.9 Å². The molecule has 28 heavy (non-hydrogen) atoms. The second kappa shape index (κ2) is 6.92. The average molecular weight is 380 g/mol. The van der Waals surface area contributed by atoms with Gasteiger partial charge in [0.05, 0.1) is 11.6 Å². The Hall–Kier alpha value is -3.48. The number of aryl methyl sites for hydroxylation is 1. The van der Waals surface area contributed by atoms with Crippen LogP contribution in [0.25, 0.3) is 11.0 Å². The van der Waals surface area contributed by atoms with Gasteiger partial charge in [0.15, 0.2) is 0 Å². The van der Waals surface area contributed by atoms with Gasteiger partial charge in [-0.15, -0.1) is 0 Å². The third kappa shape index (κ3) is 3.26. The number of nitrogens with zero attached hydrogens (tertiary/aromatic N) is 1. The maximum Gasteiger partial charge on any atom is 0.336 e. The smallest absolute Gasteiger partial charge is 0.336 e. The van der Waals surface area contributed by atoms with E-state index in [0.29, 0.717) is 11.3 Å². The molecule has 1 N–H and O–H groups in total. The van der Waals surface area contributed by atoms with E-state index in [4.69, 9.17) is 4.42 Å². The predicted molar refractivity (Wildman–Crippen MR) is 103 cm³/mol. The van der Waals surface area contributed by atoms with Crippen LogP contribution in [0.15, 0.2) is 57.7 Å². The molecule has 0 bridgehead atoms.